The minimum atomic E-state index is 0.509. The fourth-order valence-corrected chi connectivity index (χ4v) is 6.24. The molecular weight excluding hydrogens is 300 g/mol. The molecule has 0 aromatic heterocycles. The third-order valence-corrected chi connectivity index (χ3v) is 7.38. The maximum Gasteiger partial charge on any atom is 0.193 e. The summed E-state index contributed by atoms with van der Waals surface area (Å²) in [7, 11) is 1.95. The lowest BCUT2D eigenvalue weighted by molar-refractivity contribution is 0.0929. The molecule has 0 radical (unpaired) electrons. The number of rotatable bonds is 2. The highest BCUT2D eigenvalue weighted by Gasteiger charge is 2.48. The minimum absolute atomic E-state index is 0.509. The highest BCUT2D eigenvalue weighted by Crippen LogP contribution is 2.41. The number of nitrogens with one attached hydrogen (secondary N) is 1. The molecule has 0 unspecified atom stereocenters. The van der Waals surface area contributed by atoms with Gasteiger partial charge in [0.25, 0.3) is 0 Å². The van der Waals surface area contributed by atoms with Crippen LogP contribution in [0, 0.1) is 17.8 Å². The summed E-state index contributed by atoms with van der Waals surface area (Å²) in [6, 6.07) is 0.853. The Balaban J connectivity index is 1.18. The third-order valence-electron chi connectivity index (χ3n) is 7.38. The molecule has 0 spiro atoms. The van der Waals surface area contributed by atoms with Crippen LogP contribution in [-0.4, -0.2) is 73.8 Å². The molecule has 0 aromatic carbocycles. The Morgan fingerprint density at radius 3 is 2.92 bits per heavy atom. The molecule has 5 aliphatic rings. The molecule has 5 saturated heterocycles. The van der Waals surface area contributed by atoms with Crippen molar-refractivity contribution < 1.29 is 4.74 Å². The number of likely N-dealkylation sites (tertiary alicyclic amines) is 1. The van der Waals surface area contributed by atoms with E-state index in [0.717, 1.165) is 30.4 Å². The maximum absolute atomic E-state index is 6.00. The number of aliphatic imine (C=N–C) groups is 1. The standard InChI is InChI=1S/C19H32N4O/c1-20-19(21-9-13-8-15-5-6-18(13)24-15)23-11-14-10-22-7-3-2-4-17(22)16(14)12-23/h13-18H,2-12H2,1H3,(H,20,21)/t13-,14-,15+,16-,17+,18+/m0/s1. The van der Waals surface area contributed by atoms with Crippen molar-refractivity contribution in [3.8, 4) is 0 Å². The summed E-state index contributed by atoms with van der Waals surface area (Å²) >= 11 is 0. The summed E-state index contributed by atoms with van der Waals surface area (Å²) in [4.78, 5) is 9.92. The Hall–Kier alpha value is -0.810. The second kappa shape index (κ2) is 6.17. The average molecular weight is 332 g/mol. The van der Waals surface area contributed by atoms with E-state index in [1.165, 1.54) is 64.7 Å². The quantitative estimate of drug-likeness (QED) is 0.615. The van der Waals surface area contributed by atoms with Gasteiger partial charge in [-0.15, -0.1) is 0 Å². The number of hydrogen-bond donors (Lipinski definition) is 1. The van der Waals surface area contributed by atoms with Gasteiger partial charge in [0.05, 0.1) is 12.2 Å². The molecule has 1 N–H and O–H groups in total. The number of hydrogen-bond acceptors (Lipinski definition) is 3. The number of ether oxygens (including phenoxy) is 1. The third kappa shape index (κ3) is 2.55. The first-order valence-corrected chi connectivity index (χ1v) is 10.2. The Morgan fingerprint density at radius 1 is 1.17 bits per heavy atom. The van der Waals surface area contributed by atoms with Crippen LogP contribution in [0.3, 0.4) is 0 Å². The molecule has 5 heterocycles. The predicted molar refractivity (Wildman–Crippen MR) is 95.1 cm³/mol. The van der Waals surface area contributed by atoms with Gasteiger partial charge in [-0.05, 0) is 50.5 Å². The molecule has 2 bridgehead atoms. The average Bonchev–Trinajstić information content (AvgIpc) is 3.35. The van der Waals surface area contributed by atoms with E-state index in [1.807, 2.05) is 7.05 Å². The first-order chi connectivity index (χ1) is 11.8. The van der Waals surface area contributed by atoms with Crippen molar-refractivity contribution >= 4 is 5.96 Å². The SMILES string of the molecule is CN=C(NC[C@@H]1C[C@H]2CC[C@H]1O2)N1C[C@@H]2CN3CCCC[C@@H]3[C@H]2C1. The summed E-state index contributed by atoms with van der Waals surface area (Å²) in [5.41, 5.74) is 0. The lowest BCUT2D eigenvalue weighted by atomic mass is 9.89. The van der Waals surface area contributed by atoms with E-state index in [1.54, 1.807) is 0 Å². The molecule has 0 aromatic rings. The van der Waals surface area contributed by atoms with Gasteiger partial charge in [0.2, 0.25) is 0 Å². The highest BCUT2D eigenvalue weighted by molar-refractivity contribution is 5.80. The van der Waals surface area contributed by atoms with Crippen molar-refractivity contribution in [2.75, 3.05) is 39.8 Å². The van der Waals surface area contributed by atoms with Crippen LogP contribution in [0.2, 0.25) is 0 Å². The second-order valence-electron chi connectivity index (χ2n) is 8.68. The van der Waals surface area contributed by atoms with E-state index in [9.17, 15) is 0 Å². The van der Waals surface area contributed by atoms with Crippen LogP contribution < -0.4 is 5.32 Å². The van der Waals surface area contributed by atoms with Gasteiger partial charge in [0.15, 0.2) is 5.96 Å². The number of piperidine rings is 1. The fraction of sp³-hybridized carbons (Fsp3) is 0.947. The van der Waals surface area contributed by atoms with E-state index in [-0.39, 0.29) is 0 Å². The lowest BCUT2D eigenvalue weighted by Gasteiger charge is -2.33. The molecule has 6 atom stereocenters. The van der Waals surface area contributed by atoms with Gasteiger partial charge in [-0.3, -0.25) is 9.89 Å². The summed E-state index contributed by atoms with van der Waals surface area (Å²) < 4.78 is 6.00. The lowest BCUT2D eigenvalue weighted by Crippen LogP contribution is -2.46. The Kier molecular flexibility index (Phi) is 3.97. The molecule has 0 amide bonds. The number of nitrogens with zero attached hydrogens (tertiary/aromatic N) is 3. The summed E-state index contributed by atoms with van der Waals surface area (Å²) in [5, 5.41) is 3.68. The van der Waals surface area contributed by atoms with Crippen molar-refractivity contribution in [2.24, 2.45) is 22.7 Å². The van der Waals surface area contributed by atoms with Crippen LogP contribution in [0.4, 0.5) is 0 Å². The second-order valence-corrected chi connectivity index (χ2v) is 8.68. The summed E-state index contributed by atoms with van der Waals surface area (Å²) in [5.74, 6) is 3.55. The van der Waals surface area contributed by atoms with Gasteiger partial charge in [-0.25, -0.2) is 0 Å². The molecule has 5 fully saturated rings. The zero-order valence-corrected chi connectivity index (χ0v) is 15.0. The zero-order valence-electron chi connectivity index (χ0n) is 15.0. The van der Waals surface area contributed by atoms with Crippen molar-refractivity contribution in [3.05, 3.63) is 0 Å². The molecule has 5 aliphatic heterocycles. The van der Waals surface area contributed by atoms with Crippen LogP contribution in [0.5, 0.6) is 0 Å². The molecule has 134 valence electrons. The predicted octanol–water partition coefficient (Wildman–Crippen LogP) is 1.55. The van der Waals surface area contributed by atoms with Gasteiger partial charge in [-0.2, -0.15) is 0 Å². The van der Waals surface area contributed by atoms with Crippen molar-refractivity contribution in [3.63, 3.8) is 0 Å². The van der Waals surface area contributed by atoms with Crippen LogP contribution >= 0.6 is 0 Å². The molecule has 24 heavy (non-hydrogen) atoms. The van der Waals surface area contributed by atoms with Crippen LogP contribution in [-0.2, 0) is 4.74 Å². The van der Waals surface area contributed by atoms with Gasteiger partial charge in [-0.1, -0.05) is 6.42 Å². The Morgan fingerprint density at radius 2 is 2.12 bits per heavy atom. The van der Waals surface area contributed by atoms with Crippen LogP contribution in [0.15, 0.2) is 4.99 Å². The fourth-order valence-electron chi connectivity index (χ4n) is 6.24. The molecule has 5 rings (SSSR count). The smallest absolute Gasteiger partial charge is 0.193 e. The molecule has 0 saturated carbocycles. The van der Waals surface area contributed by atoms with Crippen LogP contribution in [0.1, 0.15) is 38.5 Å². The van der Waals surface area contributed by atoms with Crippen LogP contribution in [0.25, 0.3) is 0 Å². The minimum Gasteiger partial charge on any atom is -0.375 e. The first-order valence-electron chi connectivity index (χ1n) is 10.2. The van der Waals surface area contributed by atoms with Crippen molar-refractivity contribution in [2.45, 2.75) is 56.8 Å². The topological polar surface area (TPSA) is 40.1 Å². The van der Waals surface area contributed by atoms with E-state index >= 15 is 0 Å². The largest absolute Gasteiger partial charge is 0.375 e. The van der Waals surface area contributed by atoms with Gasteiger partial charge in [0, 0.05) is 45.2 Å². The number of guanidine groups is 1. The van der Waals surface area contributed by atoms with Crippen molar-refractivity contribution in [1.29, 1.82) is 0 Å². The molecular formula is C19H32N4O. The first kappa shape index (κ1) is 15.4. The zero-order chi connectivity index (χ0) is 16.1. The summed E-state index contributed by atoms with van der Waals surface area (Å²) in [6.45, 7) is 6.11. The molecule has 5 heteroatoms. The van der Waals surface area contributed by atoms with E-state index in [2.05, 4.69) is 20.1 Å². The molecule has 5 nitrogen and oxygen atoms in total. The number of fused-ring (bicyclic) bond motifs is 5. The van der Waals surface area contributed by atoms with Crippen molar-refractivity contribution in [1.82, 2.24) is 15.1 Å². The molecule has 0 aliphatic carbocycles. The highest BCUT2D eigenvalue weighted by atomic mass is 16.5. The van der Waals surface area contributed by atoms with E-state index < -0.39 is 0 Å². The Labute approximate surface area is 145 Å². The van der Waals surface area contributed by atoms with E-state index in [0.29, 0.717) is 18.1 Å². The van der Waals surface area contributed by atoms with Gasteiger partial charge >= 0.3 is 0 Å². The Bertz CT molecular complexity index is 510. The summed E-state index contributed by atoms with van der Waals surface area (Å²) in [6.07, 6.45) is 9.11. The van der Waals surface area contributed by atoms with Gasteiger partial charge in [0.1, 0.15) is 0 Å². The normalized spacial score (nSPS) is 44.9. The monoisotopic (exact) mass is 332 g/mol. The van der Waals surface area contributed by atoms with E-state index in [4.69, 9.17) is 4.74 Å². The maximum atomic E-state index is 6.00. The van der Waals surface area contributed by atoms with Gasteiger partial charge < -0.3 is 15.0 Å².